The number of ether oxygens (including phenoxy) is 2. The second-order valence-electron chi connectivity index (χ2n) is 7.54. The standard InChI is InChI=1S/C21H28N4O2S2/c28-20(22-10-9-16-5-2-1-3-6-16)24-11-4-12-25(24)21(29)23-14-17-7-8-18-19(13-17)27-15-26-18/h5,7-8,13H,1-4,6,9-12,14-15H2,(H,22,28)(H,23,29). The van der Waals surface area contributed by atoms with E-state index in [1.807, 2.05) is 18.2 Å². The lowest BCUT2D eigenvalue weighted by Crippen LogP contribution is -2.52. The van der Waals surface area contributed by atoms with Crippen molar-refractivity contribution >= 4 is 34.7 Å². The van der Waals surface area contributed by atoms with Gasteiger partial charge >= 0.3 is 0 Å². The largest absolute Gasteiger partial charge is 0.454 e. The third-order valence-corrected chi connectivity index (χ3v) is 6.20. The van der Waals surface area contributed by atoms with Crippen LogP contribution in [-0.4, -0.2) is 46.7 Å². The molecule has 3 aliphatic rings. The van der Waals surface area contributed by atoms with Crippen LogP contribution in [0, 0.1) is 0 Å². The fourth-order valence-electron chi connectivity index (χ4n) is 3.91. The molecular weight excluding hydrogens is 404 g/mol. The van der Waals surface area contributed by atoms with Gasteiger partial charge in [0.1, 0.15) is 0 Å². The van der Waals surface area contributed by atoms with Gasteiger partial charge in [-0.25, -0.2) is 0 Å². The average molecular weight is 433 g/mol. The molecule has 4 rings (SSSR count). The van der Waals surface area contributed by atoms with Crippen molar-refractivity contribution in [3.05, 3.63) is 35.4 Å². The van der Waals surface area contributed by atoms with Crippen molar-refractivity contribution in [2.75, 3.05) is 26.4 Å². The van der Waals surface area contributed by atoms with Crippen molar-refractivity contribution in [3.63, 3.8) is 0 Å². The van der Waals surface area contributed by atoms with Crippen molar-refractivity contribution in [2.24, 2.45) is 0 Å². The molecule has 1 saturated heterocycles. The number of allylic oxidation sites excluding steroid dienone is 1. The van der Waals surface area contributed by atoms with Gasteiger partial charge < -0.3 is 20.1 Å². The maximum Gasteiger partial charge on any atom is 0.231 e. The molecule has 6 nitrogen and oxygen atoms in total. The topological polar surface area (TPSA) is 49.0 Å². The van der Waals surface area contributed by atoms with E-state index in [1.165, 1.54) is 25.7 Å². The molecule has 2 heterocycles. The number of hydrazine groups is 1. The summed E-state index contributed by atoms with van der Waals surface area (Å²) < 4.78 is 10.8. The molecule has 0 bridgehead atoms. The Hall–Kier alpha value is -2.06. The second-order valence-corrected chi connectivity index (χ2v) is 8.31. The van der Waals surface area contributed by atoms with E-state index in [-0.39, 0.29) is 6.79 Å². The molecule has 0 amide bonds. The fraction of sp³-hybridized carbons (Fsp3) is 0.524. The van der Waals surface area contributed by atoms with Crippen molar-refractivity contribution in [2.45, 2.75) is 45.1 Å². The number of hydrogen-bond acceptors (Lipinski definition) is 4. The van der Waals surface area contributed by atoms with Gasteiger partial charge in [0.2, 0.25) is 6.79 Å². The number of nitrogens with one attached hydrogen (secondary N) is 2. The van der Waals surface area contributed by atoms with E-state index in [0.717, 1.165) is 54.7 Å². The first-order valence-corrected chi connectivity index (χ1v) is 11.2. The number of benzene rings is 1. The SMILES string of the molecule is S=C(NCCC1=CCCCC1)N1CCCN1C(=S)NCc1ccc2c(c1)OCO2. The second kappa shape index (κ2) is 9.63. The van der Waals surface area contributed by atoms with Crippen LogP contribution < -0.4 is 20.1 Å². The third-order valence-electron chi connectivity index (χ3n) is 5.49. The minimum absolute atomic E-state index is 0.287. The fourth-order valence-corrected chi connectivity index (χ4v) is 4.46. The van der Waals surface area contributed by atoms with Crippen molar-refractivity contribution in [1.29, 1.82) is 0 Å². The van der Waals surface area contributed by atoms with E-state index in [1.54, 1.807) is 5.57 Å². The Labute approximate surface area is 183 Å². The molecule has 0 radical (unpaired) electrons. The van der Waals surface area contributed by atoms with Crippen LogP contribution in [0.25, 0.3) is 0 Å². The molecule has 1 aromatic carbocycles. The highest BCUT2D eigenvalue weighted by Crippen LogP contribution is 2.32. The lowest BCUT2D eigenvalue weighted by molar-refractivity contribution is 0.174. The summed E-state index contributed by atoms with van der Waals surface area (Å²) in [5, 5.41) is 12.4. The first-order valence-electron chi connectivity index (χ1n) is 10.4. The number of nitrogens with zero attached hydrogens (tertiary/aromatic N) is 2. The lowest BCUT2D eigenvalue weighted by Gasteiger charge is -2.32. The molecule has 0 atom stereocenters. The van der Waals surface area contributed by atoms with E-state index >= 15 is 0 Å². The molecule has 1 fully saturated rings. The van der Waals surface area contributed by atoms with E-state index in [4.69, 9.17) is 33.9 Å². The highest BCUT2D eigenvalue weighted by Gasteiger charge is 2.26. The predicted octanol–water partition coefficient (Wildman–Crippen LogP) is 3.48. The molecule has 2 N–H and O–H groups in total. The maximum absolute atomic E-state index is 5.64. The number of fused-ring (bicyclic) bond motifs is 1. The summed E-state index contributed by atoms with van der Waals surface area (Å²) in [5.41, 5.74) is 2.66. The van der Waals surface area contributed by atoms with Gasteiger partial charge in [-0.15, -0.1) is 0 Å². The first-order chi connectivity index (χ1) is 14.2. The van der Waals surface area contributed by atoms with Crippen LogP contribution in [0.2, 0.25) is 0 Å². The minimum Gasteiger partial charge on any atom is -0.454 e. The van der Waals surface area contributed by atoms with Gasteiger partial charge in [0, 0.05) is 26.2 Å². The average Bonchev–Trinajstić information content (AvgIpc) is 3.42. The number of hydrogen-bond donors (Lipinski definition) is 2. The molecule has 0 aromatic heterocycles. The van der Waals surface area contributed by atoms with Crippen LogP contribution in [0.3, 0.4) is 0 Å². The van der Waals surface area contributed by atoms with Gasteiger partial charge in [-0.05, 0) is 80.7 Å². The molecule has 0 saturated carbocycles. The zero-order valence-corrected chi connectivity index (χ0v) is 18.2. The van der Waals surface area contributed by atoms with Gasteiger partial charge in [0.25, 0.3) is 0 Å². The van der Waals surface area contributed by atoms with E-state index in [0.29, 0.717) is 11.7 Å². The molecular formula is C21H28N4O2S2. The Morgan fingerprint density at radius 1 is 0.966 bits per heavy atom. The summed E-state index contributed by atoms with van der Waals surface area (Å²) in [7, 11) is 0. The Bertz CT molecular complexity index is 799. The lowest BCUT2D eigenvalue weighted by atomic mass is 9.97. The van der Waals surface area contributed by atoms with Crippen LogP contribution in [0.5, 0.6) is 11.5 Å². The summed E-state index contributed by atoms with van der Waals surface area (Å²) in [5.74, 6) is 1.58. The van der Waals surface area contributed by atoms with Gasteiger partial charge in [-0.3, -0.25) is 10.0 Å². The quantitative estimate of drug-likeness (QED) is 0.542. The van der Waals surface area contributed by atoms with Crippen molar-refractivity contribution in [3.8, 4) is 11.5 Å². The molecule has 8 heteroatoms. The Balaban J connectivity index is 1.25. The van der Waals surface area contributed by atoms with Crippen LogP contribution in [-0.2, 0) is 6.54 Å². The van der Waals surface area contributed by atoms with Crippen LogP contribution >= 0.6 is 24.4 Å². The van der Waals surface area contributed by atoms with E-state index in [9.17, 15) is 0 Å². The molecule has 0 spiro atoms. The summed E-state index contributed by atoms with van der Waals surface area (Å²) in [6.45, 7) is 3.57. The summed E-state index contributed by atoms with van der Waals surface area (Å²) in [6, 6.07) is 5.95. The molecule has 1 aliphatic carbocycles. The van der Waals surface area contributed by atoms with Crippen molar-refractivity contribution < 1.29 is 9.47 Å². The highest BCUT2D eigenvalue weighted by molar-refractivity contribution is 7.80. The Morgan fingerprint density at radius 3 is 2.55 bits per heavy atom. The number of rotatable bonds is 5. The minimum atomic E-state index is 0.287. The molecule has 1 aromatic rings. The van der Waals surface area contributed by atoms with E-state index < -0.39 is 0 Å². The smallest absolute Gasteiger partial charge is 0.231 e. The first kappa shape index (κ1) is 20.2. The molecule has 2 aliphatic heterocycles. The van der Waals surface area contributed by atoms with Gasteiger partial charge in [0.05, 0.1) is 0 Å². The highest BCUT2D eigenvalue weighted by atomic mass is 32.1. The van der Waals surface area contributed by atoms with Crippen LogP contribution in [0.15, 0.2) is 29.8 Å². The normalized spacial score (nSPS) is 17.9. The van der Waals surface area contributed by atoms with Crippen LogP contribution in [0.4, 0.5) is 0 Å². The zero-order valence-electron chi connectivity index (χ0n) is 16.6. The summed E-state index contributed by atoms with van der Waals surface area (Å²) >= 11 is 11.3. The zero-order chi connectivity index (χ0) is 20.1. The van der Waals surface area contributed by atoms with E-state index in [2.05, 4.69) is 26.7 Å². The number of thiocarbonyl (C=S) groups is 2. The Morgan fingerprint density at radius 2 is 1.76 bits per heavy atom. The van der Waals surface area contributed by atoms with Gasteiger partial charge in [0.15, 0.2) is 21.7 Å². The molecule has 156 valence electrons. The summed E-state index contributed by atoms with van der Waals surface area (Å²) in [6.07, 6.45) is 9.61. The van der Waals surface area contributed by atoms with Crippen LogP contribution in [0.1, 0.15) is 44.1 Å². The van der Waals surface area contributed by atoms with Gasteiger partial charge in [-0.1, -0.05) is 17.7 Å². The Kier molecular flexibility index (Phi) is 6.71. The molecule has 29 heavy (non-hydrogen) atoms. The maximum atomic E-state index is 5.64. The van der Waals surface area contributed by atoms with Gasteiger partial charge in [-0.2, -0.15) is 0 Å². The molecule has 0 unspecified atom stereocenters. The third kappa shape index (κ3) is 5.11. The monoisotopic (exact) mass is 432 g/mol. The summed E-state index contributed by atoms with van der Waals surface area (Å²) in [4.78, 5) is 0. The van der Waals surface area contributed by atoms with Crippen molar-refractivity contribution in [1.82, 2.24) is 20.7 Å². The predicted molar refractivity (Wildman–Crippen MR) is 122 cm³/mol.